The zero-order chi connectivity index (χ0) is 14.1. The van der Waals surface area contributed by atoms with Gasteiger partial charge in [0.15, 0.2) is 0 Å². The van der Waals surface area contributed by atoms with Crippen LogP contribution in [-0.4, -0.2) is 25.5 Å². The van der Waals surface area contributed by atoms with Crippen molar-refractivity contribution in [1.82, 2.24) is 19.7 Å². The predicted octanol–water partition coefficient (Wildman–Crippen LogP) is 2.73. The highest BCUT2D eigenvalue weighted by atomic mass is 35.5. The number of carbonyl (C=O) groups is 1. The van der Waals surface area contributed by atoms with Crippen LogP contribution in [0.2, 0.25) is 5.02 Å². The monoisotopic (exact) mass is 286 g/mol. The smallest absolute Gasteiger partial charge is 0.214 e. The molecule has 3 rings (SSSR count). The third kappa shape index (κ3) is 1.96. The van der Waals surface area contributed by atoms with Crippen molar-refractivity contribution in [2.45, 2.75) is 13.5 Å². The van der Waals surface area contributed by atoms with Crippen molar-refractivity contribution in [2.24, 2.45) is 0 Å². The SMILES string of the molecule is CCn1ncc(Cl)c1C(=O)c1cccc2nccnc12. The maximum absolute atomic E-state index is 12.7. The highest BCUT2D eigenvalue weighted by molar-refractivity contribution is 6.35. The van der Waals surface area contributed by atoms with Crippen molar-refractivity contribution in [3.63, 3.8) is 0 Å². The van der Waals surface area contributed by atoms with Gasteiger partial charge in [0.25, 0.3) is 0 Å². The molecule has 3 aromatic rings. The van der Waals surface area contributed by atoms with Gasteiger partial charge < -0.3 is 0 Å². The van der Waals surface area contributed by atoms with E-state index >= 15 is 0 Å². The van der Waals surface area contributed by atoms with Gasteiger partial charge in [0.1, 0.15) is 5.69 Å². The molecule has 100 valence electrons. The van der Waals surface area contributed by atoms with Crippen LogP contribution in [0.5, 0.6) is 0 Å². The van der Waals surface area contributed by atoms with Gasteiger partial charge in [-0.25, -0.2) is 0 Å². The van der Waals surface area contributed by atoms with Crippen LogP contribution in [0.3, 0.4) is 0 Å². The molecule has 2 heterocycles. The first kappa shape index (κ1) is 12.7. The summed E-state index contributed by atoms with van der Waals surface area (Å²) in [6, 6.07) is 5.32. The summed E-state index contributed by atoms with van der Waals surface area (Å²) in [4.78, 5) is 21.2. The van der Waals surface area contributed by atoms with Crippen molar-refractivity contribution in [3.8, 4) is 0 Å². The van der Waals surface area contributed by atoms with E-state index in [4.69, 9.17) is 11.6 Å². The van der Waals surface area contributed by atoms with E-state index in [1.165, 1.54) is 6.20 Å². The van der Waals surface area contributed by atoms with Crippen LogP contribution in [0.15, 0.2) is 36.8 Å². The number of nitrogens with zero attached hydrogens (tertiary/aromatic N) is 4. The Morgan fingerprint density at radius 3 is 2.90 bits per heavy atom. The van der Waals surface area contributed by atoms with Gasteiger partial charge in [-0.15, -0.1) is 0 Å². The van der Waals surface area contributed by atoms with Gasteiger partial charge in [0.2, 0.25) is 5.78 Å². The number of ketones is 1. The first-order valence-corrected chi connectivity index (χ1v) is 6.56. The number of hydrogen-bond acceptors (Lipinski definition) is 4. The summed E-state index contributed by atoms with van der Waals surface area (Å²) in [7, 11) is 0. The Kier molecular flexibility index (Phi) is 3.20. The summed E-state index contributed by atoms with van der Waals surface area (Å²) < 4.78 is 1.58. The van der Waals surface area contributed by atoms with Gasteiger partial charge in [0.05, 0.1) is 27.8 Å². The number of hydrogen-bond donors (Lipinski definition) is 0. The summed E-state index contributed by atoms with van der Waals surface area (Å²) >= 11 is 6.08. The Morgan fingerprint density at radius 2 is 2.10 bits per heavy atom. The number of carbonyl (C=O) groups excluding carboxylic acids is 1. The standard InChI is InChI=1S/C14H11ClN4O/c1-2-19-13(10(15)8-18-19)14(20)9-4-3-5-11-12(9)17-7-6-16-11/h3-8H,2H2,1H3. The van der Waals surface area contributed by atoms with Crippen molar-refractivity contribution in [2.75, 3.05) is 0 Å². The van der Waals surface area contributed by atoms with Crippen molar-refractivity contribution >= 4 is 28.4 Å². The Labute approximate surface area is 120 Å². The molecule has 0 spiro atoms. The molecule has 0 aliphatic heterocycles. The number of halogens is 1. The molecule has 5 nitrogen and oxygen atoms in total. The average molecular weight is 287 g/mol. The largest absolute Gasteiger partial charge is 0.287 e. The normalized spacial score (nSPS) is 10.9. The van der Waals surface area contributed by atoms with E-state index in [-0.39, 0.29) is 5.78 Å². The molecule has 0 saturated heterocycles. The molecule has 6 heteroatoms. The van der Waals surface area contributed by atoms with Crippen LogP contribution in [0.1, 0.15) is 23.0 Å². The molecule has 0 aliphatic carbocycles. The highest BCUT2D eigenvalue weighted by Gasteiger charge is 2.21. The van der Waals surface area contributed by atoms with E-state index < -0.39 is 0 Å². The van der Waals surface area contributed by atoms with Gasteiger partial charge >= 0.3 is 0 Å². The first-order valence-electron chi connectivity index (χ1n) is 6.18. The molecule has 0 fully saturated rings. The van der Waals surface area contributed by atoms with Crippen molar-refractivity contribution in [1.29, 1.82) is 0 Å². The zero-order valence-electron chi connectivity index (χ0n) is 10.7. The number of fused-ring (bicyclic) bond motifs is 1. The van der Waals surface area contributed by atoms with Crippen molar-refractivity contribution < 1.29 is 4.79 Å². The molecule has 1 aromatic carbocycles. The number of aryl methyl sites for hydroxylation is 1. The number of benzene rings is 1. The van der Waals surface area contributed by atoms with Crippen LogP contribution in [0.25, 0.3) is 11.0 Å². The Bertz CT molecular complexity index is 791. The predicted molar refractivity (Wildman–Crippen MR) is 75.9 cm³/mol. The lowest BCUT2D eigenvalue weighted by Gasteiger charge is -2.06. The third-order valence-electron chi connectivity index (χ3n) is 3.05. The van der Waals surface area contributed by atoms with E-state index in [1.807, 2.05) is 13.0 Å². The van der Waals surface area contributed by atoms with E-state index in [0.29, 0.717) is 33.9 Å². The molecular weight excluding hydrogens is 276 g/mol. The molecule has 0 unspecified atom stereocenters. The lowest BCUT2D eigenvalue weighted by Crippen LogP contribution is -2.12. The minimum absolute atomic E-state index is 0.194. The van der Waals surface area contributed by atoms with Gasteiger partial charge in [-0.2, -0.15) is 5.10 Å². The lowest BCUT2D eigenvalue weighted by atomic mass is 10.1. The number of rotatable bonds is 3. The molecule has 0 bridgehead atoms. The van der Waals surface area contributed by atoms with Crippen LogP contribution < -0.4 is 0 Å². The first-order chi connectivity index (χ1) is 9.72. The summed E-state index contributed by atoms with van der Waals surface area (Å²) in [6.45, 7) is 2.48. The minimum atomic E-state index is -0.194. The van der Waals surface area contributed by atoms with E-state index in [0.717, 1.165) is 0 Å². The lowest BCUT2D eigenvalue weighted by molar-refractivity contribution is 0.103. The second-order valence-electron chi connectivity index (χ2n) is 4.22. The van der Waals surface area contributed by atoms with Gasteiger partial charge in [-0.05, 0) is 19.1 Å². The maximum atomic E-state index is 12.7. The molecule has 20 heavy (non-hydrogen) atoms. The van der Waals surface area contributed by atoms with Gasteiger partial charge in [0, 0.05) is 18.9 Å². The second kappa shape index (κ2) is 5.02. The fourth-order valence-electron chi connectivity index (χ4n) is 2.13. The molecule has 0 amide bonds. The van der Waals surface area contributed by atoms with Crippen molar-refractivity contribution in [3.05, 3.63) is 53.1 Å². The van der Waals surface area contributed by atoms with E-state index in [1.54, 1.807) is 29.2 Å². The second-order valence-corrected chi connectivity index (χ2v) is 4.62. The topological polar surface area (TPSA) is 60.7 Å². The fourth-order valence-corrected chi connectivity index (χ4v) is 2.36. The average Bonchev–Trinajstić information content (AvgIpc) is 2.87. The fraction of sp³-hybridized carbons (Fsp3) is 0.143. The molecule has 0 aliphatic rings. The van der Waals surface area contributed by atoms with Crippen LogP contribution in [0.4, 0.5) is 0 Å². The third-order valence-corrected chi connectivity index (χ3v) is 3.33. The number of aromatic nitrogens is 4. The molecule has 0 N–H and O–H groups in total. The Balaban J connectivity index is 2.20. The molecule has 0 saturated carbocycles. The Hall–Kier alpha value is -2.27. The zero-order valence-corrected chi connectivity index (χ0v) is 11.5. The summed E-state index contributed by atoms with van der Waals surface area (Å²) in [5.41, 5.74) is 2.11. The quantitative estimate of drug-likeness (QED) is 0.695. The van der Waals surface area contributed by atoms with Gasteiger partial charge in [-0.3, -0.25) is 19.4 Å². The molecule has 0 atom stereocenters. The molecule has 0 radical (unpaired) electrons. The summed E-state index contributed by atoms with van der Waals surface area (Å²) in [5.74, 6) is -0.194. The number of para-hydroxylation sites is 1. The molecule has 2 aromatic heterocycles. The van der Waals surface area contributed by atoms with Crippen LogP contribution >= 0.6 is 11.6 Å². The molecular formula is C14H11ClN4O. The minimum Gasteiger partial charge on any atom is -0.287 e. The summed E-state index contributed by atoms with van der Waals surface area (Å²) in [6.07, 6.45) is 4.65. The Morgan fingerprint density at radius 1 is 1.30 bits per heavy atom. The van der Waals surface area contributed by atoms with Crippen LogP contribution in [0, 0.1) is 0 Å². The maximum Gasteiger partial charge on any atom is 0.214 e. The summed E-state index contributed by atoms with van der Waals surface area (Å²) in [5, 5.41) is 4.43. The highest BCUT2D eigenvalue weighted by Crippen LogP contribution is 2.22. The van der Waals surface area contributed by atoms with E-state index in [9.17, 15) is 4.79 Å². The van der Waals surface area contributed by atoms with E-state index in [2.05, 4.69) is 15.1 Å². The van der Waals surface area contributed by atoms with Gasteiger partial charge in [-0.1, -0.05) is 17.7 Å². The van der Waals surface area contributed by atoms with Crippen LogP contribution in [-0.2, 0) is 6.54 Å².